The highest BCUT2D eigenvalue weighted by Gasteiger charge is 2.25. The van der Waals surface area contributed by atoms with Crippen molar-refractivity contribution in [3.05, 3.63) is 35.9 Å². The predicted octanol–water partition coefficient (Wildman–Crippen LogP) is 0.918. The van der Waals surface area contributed by atoms with Crippen LogP contribution in [0, 0.1) is 0 Å². The first kappa shape index (κ1) is 20.9. The molecule has 25 heavy (non-hydrogen) atoms. The average molecular weight is 371 g/mol. The summed E-state index contributed by atoms with van der Waals surface area (Å²) in [6, 6.07) is 7.63. The van der Waals surface area contributed by atoms with Gasteiger partial charge in [-0.15, -0.1) is 0 Å². The number of hydrogen-bond donors (Lipinski definition) is 3. The third kappa shape index (κ3) is 7.99. The van der Waals surface area contributed by atoms with E-state index in [1.165, 1.54) is 7.05 Å². The summed E-state index contributed by atoms with van der Waals surface area (Å²) in [4.78, 5) is 24.4. The van der Waals surface area contributed by atoms with Crippen LogP contribution in [0.2, 0.25) is 0 Å². The average Bonchev–Trinajstić information content (AvgIpc) is 2.51. The summed E-state index contributed by atoms with van der Waals surface area (Å²) in [6.07, 6.45) is -0.737. The molecule has 0 spiro atoms. The molecule has 0 aromatic heterocycles. The molecule has 140 valence electrons. The fraction of sp³-hybridized carbons (Fsp3) is 0.500. The highest BCUT2D eigenvalue weighted by atomic mass is 32.2. The molecule has 0 bridgehead atoms. The van der Waals surface area contributed by atoms with Gasteiger partial charge in [-0.05, 0) is 33.4 Å². The van der Waals surface area contributed by atoms with Crippen LogP contribution in [-0.4, -0.2) is 45.4 Å². The number of nitrogens with one attached hydrogen (secondary N) is 3. The molecule has 1 atom stereocenters. The molecule has 0 aliphatic rings. The van der Waals surface area contributed by atoms with Crippen molar-refractivity contribution >= 4 is 22.0 Å². The fourth-order valence-electron chi connectivity index (χ4n) is 1.88. The van der Waals surface area contributed by atoms with Gasteiger partial charge in [0.1, 0.15) is 11.6 Å². The van der Waals surface area contributed by atoms with Crippen molar-refractivity contribution in [2.75, 3.05) is 19.3 Å². The van der Waals surface area contributed by atoms with Gasteiger partial charge in [-0.1, -0.05) is 30.3 Å². The van der Waals surface area contributed by atoms with Crippen molar-refractivity contribution in [2.45, 2.75) is 32.4 Å². The van der Waals surface area contributed by atoms with Gasteiger partial charge in [-0.3, -0.25) is 4.79 Å². The maximum atomic E-state index is 12.4. The summed E-state index contributed by atoms with van der Waals surface area (Å²) in [5.74, 6) is -0.785. The molecule has 0 aliphatic heterocycles. The first-order valence-electron chi connectivity index (χ1n) is 7.77. The Morgan fingerprint density at radius 2 is 1.76 bits per heavy atom. The quantitative estimate of drug-likeness (QED) is 0.659. The fourth-order valence-corrected chi connectivity index (χ4v) is 2.46. The van der Waals surface area contributed by atoms with Gasteiger partial charge < -0.3 is 15.4 Å². The Morgan fingerprint density at radius 1 is 1.16 bits per heavy atom. The third-order valence-corrected chi connectivity index (χ3v) is 4.40. The molecule has 0 fully saturated rings. The van der Waals surface area contributed by atoms with Crippen molar-refractivity contribution in [2.24, 2.45) is 0 Å². The molecule has 3 N–H and O–H groups in total. The lowest BCUT2D eigenvalue weighted by atomic mass is 10.1. The molecule has 0 saturated carbocycles. The molecular weight excluding hydrogens is 346 g/mol. The second-order valence-corrected chi connectivity index (χ2v) is 8.35. The first-order valence-corrected chi connectivity index (χ1v) is 9.43. The number of carbonyl (C=O) groups excluding carboxylic acids is 2. The van der Waals surface area contributed by atoms with Crippen LogP contribution in [0.3, 0.4) is 0 Å². The van der Waals surface area contributed by atoms with E-state index in [-0.39, 0.29) is 12.3 Å². The number of carbonyl (C=O) groups is 2. The van der Waals surface area contributed by atoms with Crippen LogP contribution in [0.5, 0.6) is 0 Å². The van der Waals surface area contributed by atoms with Crippen molar-refractivity contribution in [1.82, 2.24) is 15.4 Å². The lowest BCUT2D eigenvalue weighted by molar-refractivity contribution is -0.123. The molecule has 0 heterocycles. The maximum absolute atomic E-state index is 12.4. The third-order valence-electron chi connectivity index (χ3n) is 3.04. The minimum atomic E-state index is -3.43. The van der Waals surface area contributed by atoms with Gasteiger partial charge in [-0.25, -0.2) is 17.9 Å². The van der Waals surface area contributed by atoms with E-state index in [9.17, 15) is 18.0 Å². The van der Waals surface area contributed by atoms with E-state index in [4.69, 9.17) is 4.74 Å². The topological polar surface area (TPSA) is 114 Å². The second kappa shape index (κ2) is 8.82. The van der Waals surface area contributed by atoms with Crippen LogP contribution in [0.15, 0.2) is 30.3 Å². The lowest BCUT2D eigenvalue weighted by Crippen LogP contribution is -2.44. The van der Waals surface area contributed by atoms with Gasteiger partial charge in [-0.2, -0.15) is 0 Å². The van der Waals surface area contributed by atoms with Crippen molar-refractivity contribution in [3.8, 4) is 0 Å². The number of alkyl carbamates (subject to hydrolysis) is 1. The van der Waals surface area contributed by atoms with E-state index in [0.717, 1.165) is 0 Å². The standard InChI is InChI=1S/C16H25N3O5S/c1-16(2,3)24-15(21)19-13(12-8-6-5-7-9-12)14(20)18-10-11-25(22,23)17-4/h5-9,13,17H,10-11H2,1-4H3,(H,18,20)(H,19,21). The van der Waals surface area contributed by atoms with Crippen LogP contribution in [-0.2, 0) is 19.6 Å². The van der Waals surface area contributed by atoms with Crippen molar-refractivity contribution in [1.29, 1.82) is 0 Å². The van der Waals surface area contributed by atoms with Crippen molar-refractivity contribution < 1.29 is 22.7 Å². The SMILES string of the molecule is CNS(=O)(=O)CCNC(=O)C(NC(=O)OC(C)(C)C)c1ccccc1. The van der Waals surface area contributed by atoms with E-state index in [1.807, 2.05) is 0 Å². The van der Waals surface area contributed by atoms with E-state index >= 15 is 0 Å². The Balaban J connectivity index is 2.81. The van der Waals surface area contributed by atoms with Gasteiger partial charge in [0, 0.05) is 6.54 Å². The highest BCUT2D eigenvalue weighted by molar-refractivity contribution is 7.89. The molecule has 0 radical (unpaired) electrons. The summed E-state index contributed by atoms with van der Waals surface area (Å²) in [6.45, 7) is 5.06. The zero-order valence-corrected chi connectivity index (χ0v) is 15.6. The summed E-state index contributed by atoms with van der Waals surface area (Å²) < 4.78 is 30.2. The second-order valence-electron chi connectivity index (χ2n) is 6.30. The predicted molar refractivity (Wildman–Crippen MR) is 94.4 cm³/mol. The molecule has 1 rings (SSSR count). The van der Waals surface area contributed by atoms with Crippen LogP contribution in [0.4, 0.5) is 4.79 Å². The zero-order valence-electron chi connectivity index (χ0n) is 14.8. The van der Waals surface area contributed by atoms with Crippen LogP contribution in [0.25, 0.3) is 0 Å². The lowest BCUT2D eigenvalue weighted by Gasteiger charge is -2.23. The summed E-state index contributed by atoms with van der Waals surface area (Å²) >= 11 is 0. The Hall–Kier alpha value is -2.13. The molecule has 0 saturated heterocycles. The first-order chi connectivity index (χ1) is 11.5. The Kier molecular flexibility index (Phi) is 7.38. The minimum absolute atomic E-state index is 0.0820. The number of hydrogen-bond acceptors (Lipinski definition) is 5. The maximum Gasteiger partial charge on any atom is 0.408 e. The smallest absolute Gasteiger partial charge is 0.408 e. The molecular formula is C16H25N3O5S. The number of amides is 2. The molecule has 1 aromatic carbocycles. The molecule has 9 heteroatoms. The monoisotopic (exact) mass is 371 g/mol. The molecule has 1 aromatic rings. The van der Waals surface area contributed by atoms with Gasteiger partial charge in [0.15, 0.2) is 0 Å². The summed E-state index contributed by atoms with van der Waals surface area (Å²) in [5.41, 5.74) is -0.148. The number of benzene rings is 1. The van der Waals surface area contributed by atoms with Crippen LogP contribution >= 0.6 is 0 Å². The normalized spacial score (nSPS) is 13.0. The highest BCUT2D eigenvalue weighted by Crippen LogP contribution is 2.14. The minimum Gasteiger partial charge on any atom is -0.444 e. The van der Waals surface area contributed by atoms with E-state index in [1.54, 1.807) is 51.1 Å². The summed E-state index contributed by atoms with van der Waals surface area (Å²) in [5, 5.41) is 5.02. The Labute approximate surface area is 148 Å². The molecule has 1 unspecified atom stereocenters. The van der Waals surface area contributed by atoms with Crippen LogP contribution < -0.4 is 15.4 Å². The van der Waals surface area contributed by atoms with E-state index in [0.29, 0.717) is 5.56 Å². The largest absolute Gasteiger partial charge is 0.444 e. The van der Waals surface area contributed by atoms with Gasteiger partial charge in [0.2, 0.25) is 15.9 Å². The Bertz CT molecular complexity index is 683. The van der Waals surface area contributed by atoms with E-state index < -0.39 is 33.7 Å². The zero-order chi connectivity index (χ0) is 19.1. The van der Waals surface area contributed by atoms with Gasteiger partial charge in [0.25, 0.3) is 0 Å². The molecule has 2 amide bonds. The van der Waals surface area contributed by atoms with E-state index in [2.05, 4.69) is 15.4 Å². The Morgan fingerprint density at radius 3 is 2.28 bits per heavy atom. The molecule has 8 nitrogen and oxygen atoms in total. The number of ether oxygens (including phenoxy) is 1. The molecule has 0 aliphatic carbocycles. The summed E-state index contributed by atoms with van der Waals surface area (Å²) in [7, 11) is -2.13. The van der Waals surface area contributed by atoms with Crippen LogP contribution in [0.1, 0.15) is 32.4 Å². The number of sulfonamides is 1. The van der Waals surface area contributed by atoms with Crippen molar-refractivity contribution in [3.63, 3.8) is 0 Å². The van der Waals surface area contributed by atoms with Gasteiger partial charge >= 0.3 is 6.09 Å². The number of rotatable bonds is 7. The van der Waals surface area contributed by atoms with Gasteiger partial charge in [0.05, 0.1) is 5.75 Å².